The highest BCUT2D eigenvalue weighted by Gasteiger charge is 2.35. The molecular formula is C20H32O6. The van der Waals surface area contributed by atoms with Crippen molar-refractivity contribution in [2.75, 3.05) is 0 Å². The third-order valence-electron chi connectivity index (χ3n) is 4.31. The second-order valence-electron chi connectivity index (χ2n) is 6.58. The van der Waals surface area contributed by atoms with Gasteiger partial charge in [0.25, 0.3) is 0 Å². The molecule has 1 aliphatic rings. The fraction of sp³-hybridized carbons (Fsp3) is 0.650. The summed E-state index contributed by atoms with van der Waals surface area (Å²) in [6, 6.07) is 0. The van der Waals surface area contributed by atoms with E-state index in [-0.39, 0.29) is 18.8 Å². The van der Waals surface area contributed by atoms with Gasteiger partial charge in [-0.05, 0) is 32.1 Å². The Morgan fingerprint density at radius 2 is 2.00 bits per heavy atom. The number of aliphatic hydroxyl groups excluding tert-OH is 3. The number of unbranched alkanes of at least 4 members (excludes halogenated alkanes) is 1. The zero-order valence-corrected chi connectivity index (χ0v) is 15.4. The Morgan fingerprint density at radius 3 is 2.69 bits per heavy atom. The standard InChI is InChI=1S/C20H32O6/c1-2-3-6-9-15(21)12-13-18-16(17(22)14-20(25)26-18)10-7-4-5-8-11-19(23)24/h3-4,6-7,12-13,15-18,20-22,25H,2,5,8-11,14H2,1H3,(H,23,24)/b6-3+,7-4+,13-12+/t15-,16+,17-,18-,20+/m1/s1. The summed E-state index contributed by atoms with van der Waals surface area (Å²) >= 11 is 0. The minimum absolute atomic E-state index is 0.140. The highest BCUT2D eigenvalue weighted by Crippen LogP contribution is 2.29. The van der Waals surface area contributed by atoms with Crippen LogP contribution < -0.4 is 0 Å². The van der Waals surface area contributed by atoms with Crippen molar-refractivity contribution < 1.29 is 30.0 Å². The highest BCUT2D eigenvalue weighted by atomic mass is 16.6. The van der Waals surface area contributed by atoms with E-state index in [4.69, 9.17) is 9.84 Å². The van der Waals surface area contributed by atoms with Crippen LogP contribution in [0.5, 0.6) is 0 Å². The van der Waals surface area contributed by atoms with E-state index in [1.54, 1.807) is 12.2 Å². The molecule has 1 fully saturated rings. The number of aliphatic carboxylic acids is 1. The van der Waals surface area contributed by atoms with Crippen LogP contribution in [0.25, 0.3) is 0 Å². The Kier molecular flexibility index (Phi) is 11.1. The van der Waals surface area contributed by atoms with Gasteiger partial charge in [-0.3, -0.25) is 4.79 Å². The van der Waals surface area contributed by atoms with Crippen molar-refractivity contribution >= 4 is 5.97 Å². The first-order chi connectivity index (χ1) is 12.4. The molecule has 1 aliphatic heterocycles. The van der Waals surface area contributed by atoms with Gasteiger partial charge in [0.05, 0.1) is 18.3 Å². The van der Waals surface area contributed by atoms with Gasteiger partial charge in [0.2, 0.25) is 0 Å². The summed E-state index contributed by atoms with van der Waals surface area (Å²) in [5.74, 6) is -1.02. The zero-order chi connectivity index (χ0) is 19.4. The number of carbonyl (C=O) groups is 1. The molecule has 1 rings (SSSR count). The second-order valence-corrected chi connectivity index (χ2v) is 6.58. The van der Waals surface area contributed by atoms with Crippen molar-refractivity contribution in [3.05, 3.63) is 36.5 Å². The monoisotopic (exact) mass is 368 g/mol. The lowest BCUT2D eigenvalue weighted by Gasteiger charge is -2.36. The van der Waals surface area contributed by atoms with Gasteiger partial charge in [-0.25, -0.2) is 0 Å². The van der Waals surface area contributed by atoms with Gasteiger partial charge >= 0.3 is 5.97 Å². The third-order valence-corrected chi connectivity index (χ3v) is 4.31. The van der Waals surface area contributed by atoms with Gasteiger partial charge in [0.1, 0.15) is 0 Å². The number of allylic oxidation sites excluding steroid dienone is 3. The molecule has 26 heavy (non-hydrogen) atoms. The molecule has 0 aromatic heterocycles. The normalized spacial score (nSPS) is 28.3. The average Bonchev–Trinajstić information content (AvgIpc) is 2.57. The van der Waals surface area contributed by atoms with E-state index in [0.717, 1.165) is 6.42 Å². The van der Waals surface area contributed by atoms with Crippen molar-refractivity contribution in [2.24, 2.45) is 5.92 Å². The fourth-order valence-corrected chi connectivity index (χ4v) is 2.88. The van der Waals surface area contributed by atoms with Crippen molar-refractivity contribution in [1.29, 1.82) is 0 Å². The van der Waals surface area contributed by atoms with Gasteiger partial charge in [-0.2, -0.15) is 0 Å². The summed E-state index contributed by atoms with van der Waals surface area (Å²) in [7, 11) is 0. The molecule has 0 radical (unpaired) electrons. The zero-order valence-electron chi connectivity index (χ0n) is 15.4. The van der Waals surface area contributed by atoms with E-state index in [2.05, 4.69) is 0 Å². The number of hydrogen-bond acceptors (Lipinski definition) is 5. The first-order valence-electron chi connectivity index (χ1n) is 9.33. The molecule has 0 unspecified atom stereocenters. The molecule has 0 aliphatic carbocycles. The van der Waals surface area contributed by atoms with Crippen LogP contribution >= 0.6 is 0 Å². The summed E-state index contributed by atoms with van der Waals surface area (Å²) in [4.78, 5) is 10.5. The molecule has 1 saturated heterocycles. The predicted molar refractivity (Wildman–Crippen MR) is 99.4 cm³/mol. The Bertz CT molecular complexity index is 485. The smallest absolute Gasteiger partial charge is 0.303 e. The van der Waals surface area contributed by atoms with Gasteiger partial charge < -0.3 is 25.2 Å². The number of hydrogen-bond donors (Lipinski definition) is 4. The van der Waals surface area contributed by atoms with Crippen LogP contribution in [0.3, 0.4) is 0 Å². The average molecular weight is 368 g/mol. The second kappa shape index (κ2) is 12.8. The summed E-state index contributed by atoms with van der Waals surface area (Å²) in [6.07, 6.45) is 11.8. The van der Waals surface area contributed by atoms with E-state index in [0.29, 0.717) is 25.7 Å². The molecule has 6 nitrogen and oxygen atoms in total. The van der Waals surface area contributed by atoms with Crippen LogP contribution in [0, 0.1) is 5.92 Å². The Balaban J connectivity index is 2.56. The lowest BCUT2D eigenvalue weighted by molar-refractivity contribution is -0.199. The summed E-state index contributed by atoms with van der Waals surface area (Å²) in [6.45, 7) is 2.02. The van der Waals surface area contributed by atoms with Crippen molar-refractivity contribution in [3.8, 4) is 0 Å². The molecular weight excluding hydrogens is 336 g/mol. The molecule has 0 aromatic carbocycles. The SMILES string of the molecule is CC/C=C/C[C@@H](O)/C=C/[C@H]1O[C@H](O)C[C@@H](O)[C@@H]1C/C=C/CCCC(=O)O. The molecule has 4 N–H and O–H groups in total. The largest absolute Gasteiger partial charge is 0.481 e. The summed E-state index contributed by atoms with van der Waals surface area (Å²) < 4.78 is 5.52. The van der Waals surface area contributed by atoms with Crippen molar-refractivity contribution in [3.63, 3.8) is 0 Å². The van der Waals surface area contributed by atoms with Crippen LogP contribution in [0.15, 0.2) is 36.5 Å². The van der Waals surface area contributed by atoms with E-state index in [1.165, 1.54) is 0 Å². The van der Waals surface area contributed by atoms with Crippen molar-refractivity contribution in [2.45, 2.75) is 76.5 Å². The van der Waals surface area contributed by atoms with Crippen LogP contribution in [0.1, 0.15) is 51.9 Å². The molecule has 0 spiro atoms. The molecule has 0 aromatic rings. The summed E-state index contributed by atoms with van der Waals surface area (Å²) in [5, 5.41) is 38.6. The quantitative estimate of drug-likeness (QED) is 0.330. The molecule has 0 bridgehead atoms. The number of carboxylic acids is 1. The maximum Gasteiger partial charge on any atom is 0.303 e. The highest BCUT2D eigenvalue weighted by molar-refractivity contribution is 5.66. The maximum absolute atomic E-state index is 10.5. The van der Waals surface area contributed by atoms with Crippen LogP contribution in [-0.4, -0.2) is 51.0 Å². The van der Waals surface area contributed by atoms with Gasteiger partial charge in [0.15, 0.2) is 6.29 Å². The topological polar surface area (TPSA) is 107 Å². The predicted octanol–water partition coefficient (Wildman–Crippen LogP) is 2.55. The number of aliphatic hydroxyl groups is 3. The van der Waals surface area contributed by atoms with Crippen LogP contribution in [-0.2, 0) is 9.53 Å². The Morgan fingerprint density at radius 1 is 1.23 bits per heavy atom. The summed E-state index contributed by atoms with van der Waals surface area (Å²) in [5.41, 5.74) is 0. The lowest BCUT2D eigenvalue weighted by atomic mass is 9.87. The first kappa shape index (κ1) is 22.6. The van der Waals surface area contributed by atoms with E-state index < -0.39 is 30.6 Å². The number of ether oxygens (including phenoxy) is 1. The molecule has 1 heterocycles. The van der Waals surface area contributed by atoms with Gasteiger partial charge in [-0.1, -0.05) is 43.4 Å². The lowest BCUT2D eigenvalue weighted by Crippen LogP contribution is -2.43. The Hall–Kier alpha value is -1.47. The minimum Gasteiger partial charge on any atom is -0.481 e. The molecule has 0 amide bonds. The first-order valence-corrected chi connectivity index (χ1v) is 9.33. The van der Waals surface area contributed by atoms with Crippen LogP contribution in [0.2, 0.25) is 0 Å². The molecule has 0 saturated carbocycles. The molecule has 148 valence electrons. The number of carboxylic acid groups (broad SMARTS) is 1. The van der Waals surface area contributed by atoms with E-state index in [9.17, 15) is 20.1 Å². The molecule has 6 heteroatoms. The maximum atomic E-state index is 10.5. The third kappa shape index (κ3) is 9.29. The van der Waals surface area contributed by atoms with Gasteiger partial charge in [0, 0.05) is 18.8 Å². The number of rotatable bonds is 11. The van der Waals surface area contributed by atoms with Crippen LogP contribution in [0.4, 0.5) is 0 Å². The molecule has 5 atom stereocenters. The Labute approximate surface area is 155 Å². The minimum atomic E-state index is -1.02. The fourth-order valence-electron chi connectivity index (χ4n) is 2.88. The van der Waals surface area contributed by atoms with E-state index >= 15 is 0 Å². The van der Waals surface area contributed by atoms with Crippen molar-refractivity contribution in [1.82, 2.24) is 0 Å². The van der Waals surface area contributed by atoms with E-state index in [1.807, 2.05) is 31.2 Å². The van der Waals surface area contributed by atoms with Gasteiger partial charge in [-0.15, -0.1) is 0 Å².